The van der Waals surface area contributed by atoms with E-state index in [9.17, 15) is 4.79 Å². The number of hydrogen-bond donors (Lipinski definition) is 1. The van der Waals surface area contributed by atoms with Crippen LogP contribution in [0.25, 0.3) is 0 Å². The van der Waals surface area contributed by atoms with E-state index < -0.39 is 0 Å². The molecular formula is C13H16N2O3. The lowest BCUT2D eigenvalue weighted by Crippen LogP contribution is -2.10. The Morgan fingerprint density at radius 3 is 2.67 bits per heavy atom. The van der Waals surface area contributed by atoms with Crippen molar-refractivity contribution in [1.29, 1.82) is 5.26 Å². The zero-order valence-electron chi connectivity index (χ0n) is 10.5. The van der Waals surface area contributed by atoms with Crippen molar-refractivity contribution in [3.63, 3.8) is 0 Å². The zero-order valence-corrected chi connectivity index (χ0v) is 10.5. The third kappa shape index (κ3) is 3.22. The van der Waals surface area contributed by atoms with Gasteiger partial charge in [0, 0.05) is 12.1 Å². The molecule has 0 radical (unpaired) electrons. The van der Waals surface area contributed by atoms with Gasteiger partial charge in [-0.2, -0.15) is 5.26 Å². The molecule has 2 N–H and O–H groups in total. The molecule has 0 aromatic heterocycles. The van der Waals surface area contributed by atoms with Gasteiger partial charge in [-0.05, 0) is 24.6 Å². The average Bonchev–Trinajstić information content (AvgIpc) is 2.38. The molecule has 0 bridgehead atoms. The van der Waals surface area contributed by atoms with Crippen LogP contribution in [0.5, 0.6) is 5.75 Å². The maximum atomic E-state index is 11.5. The first-order valence-corrected chi connectivity index (χ1v) is 5.61. The molecule has 1 aromatic rings. The first kappa shape index (κ1) is 14.0. The minimum absolute atomic E-state index is 0.107. The minimum Gasteiger partial charge on any atom is -0.496 e. The minimum atomic E-state index is -0.330. The molecule has 0 spiro atoms. The molecule has 5 heteroatoms. The van der Waals surface area contributed by atoms with Gasteiger partial charge in [0.25, 0.3) is 0 Å². The molecular weight excluding hydrogens is 232 g/mol. The summed E-state index contributed by atoms with van der Waals surface area (Å²) < 4.78 is 10.1. The van der Waals surface area contributed by atoms with Crippen LogP contribution in [0.4, 0.5) is 0 Å². The van der Waals surface area contributed by atoms with Gasteiger partial charge in [-0.25, -0.2) is 0 Å². The Morgan fingerprint density at radius 2 is 2.17 bits per heavy atom. The third-order valence-electron chi connectivity index (χ3n) is 2.49. The smallest absolute Gasteiger partial charge is 0.310 e. The van der Waals surface area contributed by atoms with Crippen molar-refractivity contribution in [3.05, 3.63) is 28.8 Å². The normalized spacial score (nSPS) is 9.67. The quantitative estimate of drug-likeness (QED) is 0.789. The summed E-state index contributed by atoms with van der Waals surface area (Å²) in [6, 6.07) is 5.36. The van der Waals surface area contributed by atoms with E-state index in [1.54, 1.807) is 19.1 Å². The summed E-state index contributed by atoms with van der Waals surface area (Å²) in [5.41, 5.74) is 7.40. The van der Waals surface area contributed by atoms with Crippen molar-refractivity contribution in [2.24, 2.45) is 5.73 Å². The summed E-state index contributed by atoms with van der Waals surface area (Å²) >= 11 is 0. The van der Waals surface area contributed by atoms with E-state index in [4.69, 9.17) is 20.5 Å². The average molecular weight is 248 g/mol. The number of carbonyl (C=O) groups excluding carboxylic acids is 1. The van der Waals surface area contributed by atoms with E-state index in [2.05, 4.69) is 6.07 Å². The fourth-order valence-electron chi connectivity index (χ4n) is 1.64. The molecule has 0 atom stereocenters. The topological polar surface area (TPSA) is 85.3 Å². The first-order chi connectivity index (χ1) is 8.65. The van der Waals surface area contributed by atoms with Crippen LogP contribution in [0, 0.1) is 11.3 Å². The molecule has 18 heavy (non-hydrogen) atoms. The van der Waals surface area contributed by atoms with E-state index in [1.165, 1.54) is 7.11 Å². The van der Waals surface area contributed by atoms with Gasteiger partial charge in [0.1, 0.15) is 5.75 Å². The predicted octanol–water partition coefficient (Wildman–Crippen LogP) is 1.13. The van der Waals surface area contributed by atoms with Gasteiger partial charge in [-0.15, -0.1) is 0 Å². The summed E-state index contributed by atoms with van der Waals surface area (Å²) in [4.78, 5) is 11.5. The van der Waals surface area contributed by atoms with Crippen LogP contribution in [0.2, 0.25) is 0 Å². The number of esters is 1. The molecule has 1 rings (SSSR count). The molecule has 0 aliphatic heterocycles. The van der Waals surface area contributed by atoms with Crippen LogP contribution in [0.3, 0.4) is 0 Å². The monoisotopic (exact) mass is 248 g/mol. The van der Waals surface area contributed by atoms with Crippen molar-refractivity contribution in [1.82, 2.24) is 0 Å². The SMILES string of the molecule is CCOC(=O)Cc1cc(CN)c(C#N)cc1OC. The van der Waals surface area contributed by atoms with Gasteiger partial charge in [0.2, 0.25) is 0 Å². The standard InChI is InChI=1S/C13H16N2O3/c1-3-18-13(16)6-9-4-10(7-14)11(8-15)5-12(9)17-2/h4-5H,3,6-7,14H2,1-2H3. The Morgan fingerprint density at radius 1 is 1.44 bits per heavy atom. The summed E-state index contributed by atoms with van der Waals surface area (Å²) in [6.07, 6.45) is 0.107. The summed E-state index contributed by atoms with van der Waals surface area (Å²) in [7, 11) is 1.49. The fourth-order valence-corrected chi connectivity index (χ4v) is 1.64. The van der Waals surface area contributed by atoms with Crippen LogP contribution in [-0.2, 0) is 22.5 Å². The number of nitriles is 1. The second-order valence-electron chi connectivity index (χ2n) is 3.62. The van der Waals surface area contributed by atoms with Gasteiger partial charge in [-0.3, -0.25) is 4.79 Å². The number of carbonyl (C=O) groups is 1. The van der Waals surface area contributed by atoms with Gasteiger partial charge in [0.05, 0.1) is 31.8 Å². The Bertz CT molecular complexity index is 478. The van der Waals surface area contributed by atoms with Crippen molar-refractivity contribution in [3.8, 4) is 11.8 Å². The number of hydrogen-bond acceptors (Lipinski definition) is 5. The van der Waals surface area contributed by atoms with Crippen LogP contribution >= 0.6 is 0 Å². The van der Waals surface area contributed by atoms with Gasteiger partial charge in [-0.1, -0.05) is 0 Å². The lowest BCUT2D eigenvalue weighted by molar-refractivity contribution is -0.142. The summed E-state index contributed by atoms with van der Waals surface area (Å²) in [6.45, 7) is 2.32. The van der Waals surface area contributed by atoms with E-state index in [0.717, 1.165) is 0 Å². The highest BCUT2D eigenvalue weighted by atomic mass is 16.5. The van der Waals surface area contributed by atoms with Crippen molar-refractivity contribution in [2.75, 3.05) is 13.7 Å². The molecule has 0 unspecified atom stereocenters. The number of benzene rings is 1. The van der Waals surface area contributed by atoms with E-state index in [-0.39, 0.29) is 18.9 Å². The van der Waals surface area contributed by atoms with E-state index in [1.807, 2.05) is 0 Å². The van der Waals surface area contributed by atoms with Crippen molar-refractivity contribution < 1.29 is 14.3 Å². The molecule has 0 fully saturated rings. The van der Waals surface area contributed by atoms with Gasteiger partial charge < -0.3 is 15.2 Å². The molecule has 0 saturated heterocycles. The fraction of sp³-hybridized carbons (Fsp3) is 0.385. The number of methoxy groups -OCH3 is 1. The molecule has 96 valence electrons. The molecule has 0 saturated carbocycles. The highest BCUT2D eigenvalue weighted by Gasteiger charge is 2.13. The van der Waals surface area contributed by atoms with Gasteiger partial charge >= 0.3 is 5.97 Å². The second kappa shape index (κ2) is 6.62. The maximum absolute atomic E-state index is 11.5. The van der Waals surface area contributed by atoms with Crippen LogP contribution in [0.15, 0.2) is 12.1 Å². The van der Waals surface area contributed by atoms with Crippen molar-refractivity contribution >= 4 is 5.97 Å². The summed E-state index contributed by atoms with van der Waals surface area (Å²) in [5.74, 6) is 0.167. The van der Waals surface area contributed by atoms with Crippen LogP contribution in [0.1, 0.15) is 23.6 Å². The largest absolute Gasteiger partial charge is 0.496 e. The highest BCUT2D eigenvalue weighted by Crippen LogP contribution is 2.24. The third-order valence-corrected chi connectivity index (χ3v) is 2.49. The molecule has 0 aliphatic carbocycles. The Labute approximate surface area is 106 Å². The Hall–Kier alpha value is -2.06. The zero-order chi connectivity index (χ0) is 13.5. The first-order valence-electron chi connectivity index (χ1n) is 5.61. The number of ether oxygens (including phenoxy) is 2. The van der Waals surface area contributed by atoms with E-state index in [0.29, 0.717) is 29.0 Å². The van der Waals surface area contributed by atoms with Crippen LogP contribution < -0.4 is 10.5 Å². The molecule has 0 heterocycles. The highest BCUT2D eigenvalue weighted by molar-refractivity contribution is 5.74. The number of nitrogens with two attached hydrogens (primary N) is 1. The lowest BCUT2D eigenvalue weighted by Gasteiger charge is -2.11. The Balaban J connectivity index is 3.10. The van der Waals surface area contributed by atoms with Gasteiger partial charge in [0.15, 0.2) is 0 Å². The number of rotatable bonds is 5. The molecule has 0 amide bonds. The molecule has 0 aliphatic rings. The van der Waals surface area contributed by atoms with Crippen LogP contribution in [-0.4, -0.2) is 19.7 Å². The number of nitrogens with zero attached hydrogens (tertiary/aromatic N) is 1. The second-order valence-corrected chi connectivity index (χ2v) is 3.62. The molecule has 5 nitrogen and oxygen atoms in total. The van der Waals surface area contributed by atoms with E-state index >= 15 is 0 Å². The maximum Gasteiger partial charge on any atom is 0.310 e. The molecule has 1 aromatic carbocycles. The Kier molecular flexibility index (Phi) is 5.15. The predicted molar refractivity (Wildman–Crippen MR) is 65.9 cm³/mol. The lowest BCUT2D eigenvalue weighted by atomic mass is 10.0. The van der Waals surface area contributed by atoms with Crippen molar-refractivity contribution in [2.45, 2.75) is 19.9 Å². The summed E-state index contributed by atoms with van der Waals surface area (Å²) in [5, 5.41) is 8.97.